The van der Waals surface area contributed by atoms with Gasteiger partial charge in [0.05, 0.1) is 0 Å². The predicted octanol–water partition coefficient (Wildman–Crippen LogP) is 2.69. The lowest BCUT2D eigenvalue weighted by atomic mass is 10.0. The van der Waals surface area contributed by atoms with Crippen molar-refractivity contribution >= 4 is 0 Å². The summed E-state index contributed by atoms with van der Waals surface area (Å²) in [4.78, 5) is 2.61. The monoisotopic (exact) mass is 246 g/mol. The van der Waals surface area contributed by atoms with E-state index in [0.717, 1.165) is 12.6 Å². The first-order chi connectivity index (χ1) is 8.88. The molecule has 1 N–H and O–H groups in total. The van der Waals surface area contributed by atoms with Gasteiger partial charge in [0.2, 0.25) is 0 Å². The SMILES string of the molecule is CCCNC1CCCN(CCc2ccccc2)C1. The van der Waals surface area contributed by atoms with E-state index >= 15 is 0 Å². The van der Waals surface area contributed by atoms with Gasteiger partial charge < -0.3 is 10.2 Å². The molecule has 2 rings (SSSR count). The standard InChI is InChI=1S/C16H26N2/c1-2-11-17-16-9-6-12-18(14-16)13-10-15-7-4-3-5-8-15/h3-5,7-8,16-17H,2,6,9-14H2,1H3. The van der Waals surface area contributed by atoms with Crippen molar-refractivity contribution in [2.75, 3.05) is 26.2 Å². The summed E-state index contributed by atoms with van der Waals surface area (Å²) in [6.45, 7) is 7.11. The third-order valence-corrected chi connectivity index (χ3v) is 3.75. The largest absolute Gasteiger partial charge is 0.313 e. The third kappa shape index (κ3) is 4.43. The highest BCUT2D eigenvalue weighted by atomic mass is 15.2. The molecule has 0 spiro atoms. The Morgan fingerprint density at radius 1 is 1.28 bits per heavy atom. The Morgan fingerprint density at radius 2 is 2.11 bits per heavy atom. The van der Waals surface area contributed by atoms with E-state index in [0.29, 0.717) is 0 Å². The Labute approximate surface area is 111 Å². The van der Waals surface area contributed by atoms with Crippen molar-refractivity contribution in [1.29, 1.82) is 0 Å². The van der Waals surface area contributed by atoms with Gasteiger partial charge in [-0.1, -0.05) is 37.3 Å². The molecule has 1 aliphatic heterocycles. The maximum absolute atomic E-state index is 3.66. The average Bonchev–Trinajstić information content (AvgIpc) is 2.44. The fourth-order valence-corrected chi connectivity index (χ4v) is 2.71. The molecule has 1 atom stereocenters. The van der Waals surface area contributed by atoms with Crippen molar-refractivity contribution in [3.63, 3.8) is 0 Å². The predicted molar refractivity (Wildman–Crippen MR) is 77.9 cm³/mol. The first-order valence-corrected chi connectivity index (χ1v) is 7.38. The number of hydrogen-bond acceptors (Lipinski definition) is 2. The number of likely N-dealkylation sites (tertiary alicyclic amines) is 1. The average molecular weight is 246 g/mol. The molecule has 1 heterocycles. The summed E-state index contributed by atoms with van der Waals surface area (Å²) in [5.74, 6) is 0. The van der Waals surface area contributed by atoms with E-state index in [9.17, 15) is 0 Å². The summed E-state index contributed by atoms with van der Waals surface area (Å²) in [6, 6.07) is 11.5. The van der Waals surface area contributed by atoms with E-state index in [1.165, 1.54) is 50.9 Å². The minimum Gasteiger partial charge on any atom is -0.313 e. The molecular weight excluding hydrogens is 220 g/mol. The van der Waals surface area contributed by atoms with E-state index in [1.54, 1.807) is 0 Å². The van der Waals surface area contributed by atoms with Crippen LogP contribution in [-0.2, 0) is 6.42 Å². The summed E-state index contributed by atoms with van der Waals surface area (Å²) >= 11 is 0. The highest BCUT2D eigenvalue weighted by Gasteiger charge is 2.18. The molecule has 0 saturated carbocycles. The Morgan fingerprint density at radius 3 is 2.89 bits per heavy atom. The molecule has 0 bridgehead atoms. The lowest BCUT2D eigenvalue weighted by Crippen LogP contribution is -2.46. The topological polar surface area (TPSA) is 15.3 Å². The van der Waals surface area contributed by atoms with Gasteiger partial charge in [0.25, 0.3) is 0 Å². The molecule has 1 aromatic carbocycles. The summed E-state index contributed by atoms with van der Waals surface area (Å²) < 4.78 is 0. The first kappa shape index (κ1) is 13.6. The van der Waals surface area contributed by atoms with E-state index in [2.05, 4.69) is 47.5 Å². The summed E-state index contributed by atoms with van der Waals surface area (Å²) in [5.41, 5.74) is 1.46. The van der Waals surface area contributed by atoms with Crippen molar-refractivity contribution in [3.8, 4) is 0 Å². The Hall–Kier alpha value is -0.860. The summed E-state index contributed by atoms with van der Waals surface area (Å²) in [5, 5.41) is 3.66. The van der Waals surface area contributed by atoms with Crippen molar-refractivity contribution in [1.82, 2.24) is 10.2 Å². The lowest BCUT2D eigenvalue weighted by Gasteiger charge is -2.33. The molecule has 1 saturated heterocycles. The van der Waals surface area contributed by atoms with Crippen LogP contribution in [-0.4, -0.2) is 37.1 Å². The molecular formula is C16H26N2. The quantitative estimate of drug-likeness (QED) is 0.830. The number of nitrogens with one attached hydrogen (secondary N) is 1. The van der Waals surface area contributed by atoms with E-state index < -0.39 is 0 Å². The molecule has 0 aromatic heterocycles. The first-order valence-electron chi connectivity index (χ1n) is 7.38. The van der Waals surface area contributed by atoms with Crippen LogP contribution in [0.4, 0.5) is 0 Å². The number of rotatable bonds is 6. The normalized spacial score (nSPS) is 21.1. The van der Waals surface area contributed by atoms with Gasteiger partial charge in [-0.25, -0.2) is 0 Å². The van der Waals surface area contributed by atoms with Crippen LogP contribution in [0, 0.1) is 0 Å². The smallest absolute Gasteiger partial charge is 0.0195 e. The molecule has 1 fully saturated rings. The zero-order chi connectivity index (χ0) is 12.6. The van der Waals surface area contributed by atoms with Crippen LogP contribution >= 0.6 is 0 Å². The van der Waals surface area contributed by atoms with Crippen LogP contribution in [0.15, 0.2) is 30.3 Å². The zero-order valence-corrected chi connectivity index (χ0v) is 11.6. The van der Waals surface area contributed by atoms with Crippen molar-refractivity contribution < 1.29 is 0 Å². The molecule has 2 nitrogen and oxygen atoms in total. The number of nitrogens with zero attached hydrogens (tertiary/aromatic N) is 1. The molecule has 18 heavy (non-hydrogen) atoms. The van der Waals surface area contributed by atoms with Crippen LogP contribution in [0.2, 0.25) is 0 Å². The summed E-state index contributed by atoms with van der Waals surface area (Å²) in [7, 11) is 0. The second-order valence-corrected chi connectivity index (χ2v) is 5.33. The zero-order valence-electron chi connectivity index (χ0n) is 11.6. The molecule has 0 amide bonds. The van der Waals surface area contributed by atoms with Gasteiger partial charge in [-0.2, -0.15) is 0 Å². The van der Waals surface area contributed by atoms with Gasteiger partial charge in [0, 0.05) is 19.1 Å². The van der Waals surface area contributed by atoms with Crippen LogP contribution in [0.5, 0.6) is 0 Å². The van der Waals surface area contributed by atoms with Crippen molar-refractivity contribution in [2.45, 2.75) is 38.6 Å². The second-order valence-electron chi connectivity index (χ2n) is 5.33. The highest BCUT2D eigenvalue weighted by Crippen LogP contribution is 2.11. The molecule has 2 heteroatoms. The minimum atomic E-state index is 0.717. The highest BCUT2D eigenvalue weighted by molar-refractivity contribution is 5.14. The molecule has 1 aliphatic rings. The minimum absolute atomic E-state index is 0.717. The number of piperidine rings is 1. The Balaban J connectivity index is 1.72. The Bertz CT molecular complexity index is 323. The second kappa shape index (κ2) is 7.55. The van der Waals surface area contributed by atoms with Crippen LogP contribution in [0.1, 0.15) is 31.7 Å². The maximum Gasteiger partial charge on any atom is 0.0195 e. The fraction of sp³-hybridized carbons (Fsp3) is 0.625. The van der Waals surface area contributed by atoms with Crippen LogP contribution in [0.25, 0.3) is 0 Å². The summed E-state index contributed by atoms with van der Waals surface area (Å²) in [6.07, 6.45) is 5.11. The Kier molecular flexibility index (Phi) is 5.69. The van der Waals surface area contributed by atoms with Gasteiger partial charge >= 0.3 is 0 Å². The lowest BCUT2D eigenvalue weighted by molar-refractivity contribution is 0.193. The van der Waals surface area contributed by atoms with Crippen LogP contribution in [0.3, 0.4) is 0 Å². The maximum atomic E-state index is 3.66. The molecule has 0 radical (unpaired) electrons. The molecule has 100 valence electrons. The fourth-order valence-electron chi connectivity index (χ4n) is 2.71. The van der Waals surface area contributed by atoms with Crippen LogP contribution < -0.4 is 5.32 Å². The van der Waals surface area contributed by atoms with Gasteiger partial charge in [-0.15, -0.1) is 0 Å². The van der Waals surface area contributed by atoms with Crippen molar-refractivity contribution in [3.05, 3.63) is 35.9 Å². The van der Waals surface area contributed by atoms with Crippen molar-refractivity contribution in [2.24, 2.45) is 0 Å². The van der Waals surface area contributed by atoms with E-state index in [1.807, 2.05) is 0 Å². The number of benzene rings is 1. The van der Waals surface area contributed by atoms with Gasteiger partial charge in [-0.05, 0) is 44.3 Å². The molecule has 0 aliphatic carbocycles. The third-order valence-electron chi connectivity index (χ3n) is 3.75. The van der Waals surface area contributed by atoms with Gasteiger partial charge in [-0.3, -0.25) is 0 Å². The van der Waals surface area contributed by atoms with E-state index in [-0.39, 0.29) is 0 Å². The van der Waals surface area contributed by atoms with Gasteiger partial charge in [0.15, 0.2) is 0 Å². The number of hydrogen-bond donors (Lipinski definition) is 1. The molecule has 1 aromatic rings. The molecule has 1 unspecified atom stereocenters. The van der Waals surface area contributed by atoms with E-state index in [4.69, 9.17) is 0 Å². The van der Waals surface area contributed by atoms with Gasteiger partial charge in [0.1, 0.15) is 0 Å².